The van der Waals surface area contributed by atoms with Gasteiger partial charge in [0, 0.05) is 54.7 Å². The highest BCUT2D eigenvalue weighted by molar-refractivity contribution is 6.33. The molecule has 1 saturated heterocycles. The molecule has 9 heteroatoms. The number of rotatable bonds is 4. The molecule has 0 N–H and O–H groups in total. The van der Waals surface area contributed by atoms with E-state index in [0.717, 1.165) is 34.0 Å². The Morgan fingerprint density at radius 1 is 0.944 bits per heavy atom. The summed E-state index contributed by atoms with van der Waals surface area (Å²) in [6, 6.07) is 9.35. The van der Waals surface area contributed by atoms with Crippen molar-refractivity contribution < 1.29 is 9.21 Å². The van der Waals surface area contributed by atoms with E-state index >= 15 is 0 Å². The Hall–Kier alpha value is -3.42. The Balaban J connectivity index is 1.45. The van der Waals surface area contributed by atoms with Gasteiger partial charge in [-0.05, 0) is 50.6 Å². The maximum Gasteiger partial charge on any atom is 0.257 e. The van der Waals surface area contributed by atoms with Crippen LogP contribution in [-0.4, -0.2) is 51.9 Å². The zero-order valence-electron chi connectivity index (χ0n) is 20.3. The molecule has 1 aliphatic rings. The van der Waals surface area contributed by atoms with E-state index in [4.69, 9.17) is 37.6 Å². The molecule has 0 saturated carbocycles. The van der Waals surface area contributed by atoms with Crippen LogP contribution in [0.4, 0.5) is 5.82 Å². The van der Waals surface area contributed by atoms with E-state index in [-0.39, 0.29) is 5.91 Å². The molecule has 184 valence electrons. The van der Waals surface area contributed by atoms with Crippen LogP contribution in [0, 0.1) is 20.8 Å². The van der Waals surface area contributed by atoms with Crippen molar-refractivity contribution in [1.82, 2.24) is 19.9 Å². The monoisotopic (exact) mass is 521 g/mol. The Morgan fingerprint density at radius 3 is 2.39 bits per heavy atom. The number of anilines is 1. The Bertz CT molecular complexity index is 1440. The lowest BCUT2D eigenvalue weighted by Crippen LogP contribution is -2.49. The molecular weight excluding hydrogens is 497 g/mol. The van der Waals surface area contributed by atoms with Gasteiger partial charge in [0.1, 0.15) is 23.0 Å². The van der Waals surface area contributed by atoms with Crippen molar-refractivity contribution in [2.45, 2.75) is 20.8 Å². The molecule has 0 aliphatic carbocycles. The zero-order chi connectivity index (χ0) is 25.4. The smallest absolute Gasteiger partial charge is 0.257 e. The SMILES string of the molecule is Cc1cc(C(=O)N2CCN(c3cnc(-c4ccc(Cl)cc4C)c(-c4ccncc4Cl)n3)CC2)c(C)o1. The fraction of sp³-hybridized carbons (Fsp3) is 0.259. The third-order valence-electron chi connectivity index (χ3n) is 6.39. The highest BCUT2D eigenvalue weighted by atomic mass is 35.5. The van der Waals surface area contributed by atoms with Crippen LogP contribution in [0.5, 0.6) is 0 Å². The molecule has 0 atom stereocenters. The molecule has 5 rings (SSSR count). The molecule has 7 nitrogen and oxygen atoms in total. The highest BCUT2D eigenvalue weighted by Crippen LogP contribution is 2.36. The number of pyridine rings is 1. The van der Waals surface area contributed by atoms with E-state index in [9.17, 15) is 4.79 Å². The Morgan fingerprint density at radius 2 is 1.72 bits per heavy atom. The van der Waals surface area contributed by atoms with E-state index in [2.05, 4.69) is 9.88 Å². The highest BCUT2D eigenvalue weighted by Gasteiger charge is 2.26. The van der Waals surface area contributed by atoms with Gasteiger partial charge in [-0.15, -0.1) is 0 Å². The Labute approximate surface area is 219 Å². The van der Waals surface area contributed by atoms with Gasteiger partial charge in [0.2, 0.25) is 0 Å². The third kappa shape index (κ3) is 4.68. The minimum atomic E-state index is -0.00657. The second-order valence-electron chi connectivity index (χ2n) is 8.85. The maximum atomic E-state index is 13.0. The molecular formula is C27H25Cl2N5O2. The number of carbonyl (C=O) groups excluding carboxylic acids is 1. The van der Waals surface area contributed by atoms with Gasteiger partial charge in [0.15, 0.2) is 0 Å². The molecule has 4 aromatic rings. The average Bonchev–Trinajstić information content (AvgIpc) is 3.21. The summed E-state index contributed by atoms with van der Waals surface area (Å²) in [5.41, 5.74) is 4.70. The van der Waals surface area contributed by atoms with Gasteiger partial charge >= 0.3 is 0 Å². The summed E-state index contributed by atoms with van der Waals surface area (Å²) in [7, 11) is 0. The second-order valence-corrected chi connectivity index (χ2v) is 9.69. The van der Waals surface area contributed by atoms with Gasteiger partial charge in [-0.1, -0.05) is 29.3 Å². The first-order valence-corrected chi connectivity index (χ1v) is 12.4. The van der Waals surface area contributed by atoms with Crippen LogP contribution >= 0.6 is 23.2 Å². The zero-order valence-corrected chi connectivity index (χ0v) is 21.8. The maximum absolute atomic E-state index is 13.0. The van der Waals surface area contributed by atoms with Crippen molar-refractivity contribution in [3.8, 4) is 22.5 Å². The van der Waals surface area contributed by atoms with E-state index in [1.165, 1.54) is 0 Å². The minimum Gasteiger partial charge on any atom is -0.466 e. The standard InChI is InChI=1S/C27H25Cl2N5O2/c1-16-12-19(28)4-5-20(16)25-26(21-6-7-30-14-23(21)29)32-24(15-31-25)33-8-10-34(11-9-33)27(35)22-13-17(2)36-18(22)3/h4-7,12-15H,8-11H2,1-3H3. The lowest BCUT2D eigenvalue weighted by molar-refractivity contribution is 0.0744. The summed E-state index contributed by atoms with van der Waals surface area (Å²) in [6.45, 7) is 8.09. The normalized spacial score (nSPS) is 13.8. The molecule has 0 radical (unpaired) electrons. The van der Waals surface area contributed by atoms with Crippen molar-refractivity contribution in [3.05, 3.63) is 81.6 Å². The van der Waals surface area contributed by atoms with Crippen LogP contribution in [0.25, 0.3) is 22.5 Å². The average molecular weight is 522 g/mol. The Kier molecular flexibility index (Phi) is 6.69. The molecule has 1 fully saturated rings. The topological polar surface area (TPSA) is 75.4 Å². The summed E-state index contributed by atoms with van der Waals surface area (Å²) in [6.07, 6.45) is 5.08. The van der Waals surface area contributed by atoms with E-state index in [1.807, 2.05) is 49.9 Å². The molecule has 4 heterocycles. The molecule has 1 aliphatic heterocycles. The van der Waals surface area contributed by atoms with E-state index in [1.54, 1.807) is 24.7 Å². The van der Waals surface area contributed by atoms with Crippen LogP contribution < -0.4 is 4.90 Å². The first-order chi connectivity index (χ1) is 17.3. The lowest BCUT2D eigenvalue weighted by Gasteiger charge is -2.35. The quantitative estimate of drug-likeness (QED) is 0.328. The summed E-state index contributed by atoms with van der Waals surface area (Å²) in [4.78, 5) is 31.0. The number of halogens is 2. The number of carbonyl (C=O) groups is 1. The van der Waals surface area contributed by atoms with Crippen molar-refractivity contribution in [2.75, 3.05) is 31.1 Å². The molecule has 1 aromatic carbocycles. The molecule has 0 spiro atoms. The number of aryl methyl sites for hydroxylation is 3. The van der Waals surface area contributed by atoms with Gasteiger partial charge in [0.05, 0.1) is 22.5 Å². The number of benzene rings is 1. The van der Waals surface area contributed by atoms with Crippen LogP contribution in [-0.2, 0) is 0 Å². The third-order valence-corrected chi connectivity index (χ3v) is 6.93. The van der Waals surface area contributed by atoms with Crippen LogP contribution in [0.1, 0.15) is 27.4 Å². The summed E-state index contributed by atoms with van der Waals surface area (Å²) in [5.74, 6) is 2.12. The fourth-order valence-corrected chi connectivity index (χ4v) is 4.96. The number of nitrogens with zero attached hydrogens (tertiary/aromatic N) is 5. The van der Waals surface area contributed by atoms with Gasteiger partial charge in [-0.2, -0.15) is 0 Å². The van der Waals surface area contributed by atoms with Gasteiger partial charge in [-0.25, -0.2) is 4.98 Å². The summed E-state index contributed by atoms with van der Waals surface area (Å²) >= 11 is 12.7. The predicted octanol–water partition coefficient (Wildman–Crippen LogP) is 5.99. The largest absolute Gasteiger partial charge is 0.466 e. The van der Waals surface area contributed by atoms with Crippen molar-refractivity contribution in [3.63, 3.8) is 0 Å². The van der Waals surface area contributed by atoms with Crippen molar-refractivity contribution in [1.29, 1.82) is 0 Å². The molecule has 36 heavy (non-hydrogen) atoms. The lowest BCUT2D eigenvalue weighted by atomic mass is 10.0. The van der Waals surface area contributed by atoms with Crippen LogP contribution in [0.3, 0.4) is 0 Å². The van der Waals surface area contributed by atoms with Crippen LogP contribution in [0.2, 0.25) is 10.0 Å². The van der Waals surface area contributed by atoms with Crippen molar-refractivity contribution in [2.24, 2.45) is 0 Å². The minimum absolute atomic E-state index is 0.00657. The van der Waals surface area contributed by atoms with Gasteiger partial charge in [0.25, 0.3) is 5.91 Å². The summed E-state index contributed by atoms with van der Waals surface area (Å²) in [5, 5.41) is 1.16. The molecule has 1 amide bonds. The van der Waals surface area contributed by atoms with Crippen molar-refractivity contribution >= 4 is 34.9 Å². The first-order valence-electron chi connectivity index (χ1n) is 11.7. The number of furan rings is 1. The van der Waals surface area contributed by atoms with Gasteiger partial charge in [-0.3, -0.25) is 14.8 Å². The van der Waals surface area contributed by atoms with Gasteiger partial charge < -0.3 is 14.2 Å². The molecule has 3 aromatic heterocycles. The number of hydrogen-bond acceptors (Lipinski definition) is 6. The fourth-order valence-electron chi connectivity index (χ4n) is 4.53. The van der Waals surface area contributed by atoms with E-state index < -0.39 is 0 Å². The predicted molar refractivity (Wildman–Crippen MR) is 142 cm³/mol. The number of amides is 1. The molecule has 0 unspecified atom stereocenters. The van der Waals surface area contributed by atoms with Crippen LogP contribution in [0.15, 0.2) is 53.3 Å². The molecule has 0 bridgehead atoms. The second kappa shape index (κ2) is 9.91. The number of hydrogen-bond donors (Lipinski definition) is 0. The van der Waals surface area contributed by atoms with E-state index in [0.29, 0.717) is 53.2 Å². The first kappa shape index (κ1) is 24.3. The number of aromatic nitrogens is 3. The summed E-state index contributed by atoms with van der Waals surface area (Å²) < 4.78 is 5.55. The number of piperazine rings is 1.